The van der Waals surface area contributed by atoms with Gasteiger partial charge in [-0.15, -0.1) is 0 Å². The lowest BCUT2D eigenvalue weighted by atomic mass is 9.68. The van der Waals surface area contributed by atoms with Crippen molar-refractivity contribution in [2.45, 2.75) is 58.0 Å². The summed E-state index contributed by atoms with van der Waals surface area (Å²) in [4.78, 5) is 0. The summed E-state index contributed by atoms with van der Waals surface area (Å²) in [6.45, 7) is 6.56. The molecule has 2 heteroatoms. The first-order valence-electron chi connectivity index (χ1n) is 8.06. The summed E-state index contributed by atoms with van der Waals surface area (Å²) in [5.74, 6) is 1.03. The molecule has 1 aromatic rings. The molecule has 1 N–H and O–H groups in total. The van der Waals surface area contributed by atoms with Crippen LogP contribution in [0.4, 0.5) is 0 Å². The molecule has 0 amide bonds. The minimum atomic E-state index is -0.646. The van der Waals surface area contributed by atoms with Crippen molar-refractivity contribution in [3.05, 3.63) is 35.4 Å². The lowest BCUT2D eigenvalue weighted by Crippen LogP contribution is -2.33. The van der Waals surface area contributed by atoms with Crippen molar-refractivity contribution in [2.75, 3.05) is 0 Å². The van der Waals surface area contributed by atoms with Gasteiger partial charge in [-0.25, -0.2) is 0 Å². The van der Waals surface area contributed by atoms with Gasteiger partial charge in [0.15, 0.2) is 0 Å². The maximum Gasteiger partial charge on any atom is 0.0979 e. The Kier molecular flexibility index (Phi) is 3.37. The monoisotopic (exact) mass is 283 g/mol. The average Bonchev–Trinajstić information content (AvgIpc) is 3.06. The molecule has 0 radical (unpaired) electrons. The minimum absolute atomic E-state index is 0.114. The van der Waals surface area contributed by atoms with Crippen LogP contribution in [0.5, 0.6) is 0 Å². The molecular formula is C19H25NO. The van der Waals surface area contributed by atoms with E-state index in [-0.39, 0.29) is 5.41 Å². The molecule has 0 aromatic heterocycles. The molecule has 2 fully saturated rings. The van der Waals surface area contributed by atoms with E-state index in [4.69, 9.17) is 0 Å². The van der Waals surface area contributed by atoms with E-state index in [1.54, 1.807) is 0 Å². The van der Waals surface area contributed by atoms with Gasteiger partial charge < -0.3 is 5.11 Å². The Balaban J connectivity index is 1.88. The Morgan fingerprint density at radius 3 is 2.33 bits per heavy atom. The molecule has 3 rings (SSSR count). The summed E-state index contributed by atoms with van der Waals surface area (Å²) < 4.78 is 0. The van der Waals surface area contributed by atoms with Crippen LogP contribution >= 0.6 is 0 Å². The fourth-order valence-corrected chi connectivity index (χ4v) is 4.37. The Morgan fingerprint density at radius 1 is 1.24 bits per heavy atom. The maximum atomic E-state index is 10.9. The predicted octanol–water partition coefficient (Wildman–Crippen LogP) is 4.35. The van der Waals surface area contributed by atoms with Crippen LogP contribution in [0.3, 0.4) is 0 Å². The number of nitriles is 1. The molecule has 112 valence electrons. The number of rotatable bonds is 2. The van der Waals surface area contributed by atoms with Crippen molar-refractivity contribution < 1.29 is 5.11 Å². The molecule has 2 saturated carbocycles. The summed E-state index contributed by atoms with van der Waals surface area (Å²) in [6, 6.07) is 10.7. The van der Waals surface area contributed by atoms with Crippen LogP contribution < -0.4 is 0 Å². The van der Waals surface area contributed by atoms with Crippen LogP contribution in [0, 0.1) is 28.6 Å². The van der Waals surface area contributed by atoms with Crippen LogP contribution in [0.25, 0.3) is 0 Å². The summed E-state index contributed by atoms with van der Waals surface area (Å²) in [6.07, 6.45) is 3.70. The highest BCUT2D eigenvalue weighted by atomic mass is 16.3. The first-order chi connectivity index (χ1) is 9.87. The van der Waals surface area contributed by atoms with Crippen molar-refractivity contribution in [1.29, 1.82) is 5.26 Å². The van der Waals surface area contributed by atoms with Gasteiger partial charge in [-0.05, 0) is 47.6 Å². The lowest BCUT2D eigenvalue weighted by molar-refractivity contribution is 0.0233. The van der Waals surface area contributed by atoms with Crippen LogP contribution in [0.15, 0.2) is 24.3 Å². The number of hydrogen-bond donors (Lipinski definition) is 1. The Morgan fingerprint density at radius 2 is 1.90 bits per heavy atom. The molecule has 2 nitrogen and oxygen atoms in total. The zero-order valence-electron chi connectivity index (χ0n) is 13.3. The molecule has 4 unspecified atom stereocenters. The van der Waals surface area contributed by atoms with Crippen molar-refractivity contribution in [2.24, 2.45) is 17.3 Å². The van der Waals surface area contributed by atoms with Gasteiger partial charge in [-0.2, -0.15) is 5.26 Å². The Bertz CT molecular complexity index is 563. The quantitative estimate of drug-likeness (QED) is 0.877. The largest absolute Gasteiger partial charge is 0.387 e. The Hall–Kier alpha value is -1.33. The van der Waals surface area contributed by atoms with E-state index >= 15 is 0 Å². The zero-order chi connectivity index (χ0) is 15.3. The first kappa shape index (κ1) is 14.6. The highest BCUT2D eigenvalue weighted by Crippen LogP contribution is 2.60. The van der Waals surface area contributed by atoms with E-state index in [0.717, 1.165) is 24.8 Å². The van der Waals surface area contributed by atoms with Crippen molar-refractivity contribution in [3.63, 3.8) is 0 Å². The topological polar surface area (TPSA) is 44.0 Å². The molecule has 0 saturated heterocycles. The lowest BCUT2D eigenvalue weighted by Gasteiger charge is -2.35. The number of benzene rings is 1. The van der Waals surface area contributed by atoms with Crippen molar-refractivity contribution in [3.8, 4) is 6.07 Å². The van der Waals surface area contributed by atoms with Crippen LogP contribution in [-0.2, 0) is 5.41 Å². The van der Waals surface area contributed by atoms with Gasteiger partial charge >= 0.3 is 0 Å². The molecular weight excluding hydrogens is 258 g/mol. The molecule has 2 bridgehead atoms. The van der Waals surface area contributed by atoms with Crippen molar-refractivity contribution in [1.82, 2.24) is 0 Å². The summed E-state index contributed by atoms with van der Waals surface area (Å²) >= 11 is 0. The number of fused-ring (bicyclic) bond motifs is 2. The number of aliphatic hydroxyl groups is 1. The Labute approximate surface area is 127 Å². The molecule has 1 aromatic carbocycles. The number of aliphatic hydroxyl groups excluding tert-OH is 1. The van der Waals surface area contributed by atoms with Crippen LogP contribution in [0.1, 0.15) is 63.7 Å². The van der Waals surface area contributed by atoms with Gasteiger partial charge in [0.25, 0.3) is 0 Å². The molecule has 0 aliphatic heterocycles. The third-order valence-corrected chi connectivity index (χ3v) is 5.68. The SMILES string of the molecule is CC(C)(C)c1ccc(C(O)C2(C#N)CC3CCC2C3)cc1. The van der Waals surface area contributed by atoms with E-state index in [1.807, 2.05) is 12.1 Å². The predicted molar refractivity (Wildman–Crippen MR) is 83.6 cm³/mol. The molecule has 2 aliphatic carbocycles. The van der Waals surface area contributed by atoms with Gasteiger partial charge in [-0.3, -0.25) is 0 Å². The summed E-state index contributed by atoms with van der Waals surface area (Å²) in [5, 5.41) is 20.6. The van der Waals surface area contributed by atoms with Crippen molar-refractivity contribution >= 4 is 0 Å². The third kappa shape index (κ3) is 2.28. The van der Waals surface area contributed by atoms with E-state index in [1.165, 1.54) is 12.0 Å². The third-order valence-electron chi connectivity index (χ3n) is 5.68. The summed E-state index contributed by atoms with van der Waals surface area (Å²) in [7, 11) is 0. The maximum absolute atomic E-state index is 10.9. The van der Waals surface area contributed by atoms with E-state index in [9.17, 15) is 10.4 Å². The fourth-order valence-electron chi connectivity index (χ4n) is 4.37. The van der Waals surface area contributed by atoms with Crippen LogP contribution in [-0.4, -0.2) is 5.11 Å². The molecule has 4 atom stereocenters. The smallest absolute Gasteiger partial charge is 0.0979 e. The van der Waals surface area contributed by atoms with Gasteiger partial charge in [0, 0.05) is 0 Å². The zero-order valence-corrected chi connectivity index (χ0v) is 13.3. The number of hydrogen-bond acceptors (Lipinski definition) is 2. The molecule has 0 heterocycles. The van der Waals surface area contributed by atoms with Gasteiger partial charge in [0.05, 0.1) is 17.6 Å². The summed E-state index contributed by atoms with van der Waals surface area (Å²) in [5.41, 5.74) is 1.73. The molecule has 0 spiro atoms. The van der Waals surface area contributed by atoms with E-state index in [0.29, 0.717) is 11.8 Å². The second-order valence-electron chi connectivity index (χ2n) is 8.01. The van der Waals surface area contributed by atoms with Gasteiger partial charge in [0.1, 0.15) is 0 Å². The second-order valence-corrected chi connectivity index (χ2v) is 8.01. The molecule has 2 aliphatic rings. The number of nitrogens with zero attached hydrogens (tertiary/aromatic N) is 1. The first-order valence-corrected chi connectivity index (χ1v) is 8.06. The highest BCUT2D eigenvalue weighted by Gasteiger charge is 2.55. The molecule has 21 heavy (non-hydrogen) atoms. The van der Waals surface area contributed by atoms with Crippen LogP contribution in [0.2, 0.25) is 0 Å². The van der Waals surface area contributed by atoms with E-state index in [2.05, 4.69) is 39.0 Å². The second kappa shape index (κ2) is 4.85. The standard InChI is InChI=1S/C19H25NO/c1-18(2,3)15-8-5-14(6-9-15)17(21)19(12-20)11-13-4-7-16(19)10-13/h5-6,8-9,13,16-17,21H,4,7,10-11H2,1-3H3. The minimum Gasteiger partial charge on any atom is -0.387 e. The van der Waals surface area contributed by atoms with Gasteiger partial charge in [-0.1, -0.05) is 51.5 Å². The highest BCUT2D eigenvalue weighted by molar-refractivity contribution is 5.32. The fraction of sp³-hybridized carbons (Fsp3) is 0.632. The normalized spacial score (nSPS) is 32.9. The van der Waals surface area contributed by atoms with E-state index < -0.39 is 11.5 Å². The average molecular weight is 283 g/mol. The van der Waals surface area contributed by atoms with Gasteiger partial charge in [0.2, 0.25) is 0 Å².